The molecule has 2 heterocycles. The third-order valence-corrected chi connectivity index (χ3v) is 1.99. The van der Waals surface area contributed by atoms with Crippen LogP contribution in [0.15, 0.2) is 24.7 Å². The van der Waals surface area contributed by atoms with E-state index in [2.05, 4.69) is 15.1 Å². The van der Waals surface area contributed by atoms with Crippen molar-refractivity contribution in [2.45, 2.75) is 6.18 Å². The second-order valence-corrected chi connectivity index (χ2v) is 3.19. The molecule has 6 nitrogen and oxygen atoms in total. The predicted molar refractivity (Wildman–Crippen MR) is 51.1 cm³/mol. The Balaban J connectivity index is 2.62. The smallest absolute Gasteiger partial charge is 0.433 e. The molecule has 0 aromatic carbocycles. The van der Waals surface area contributed by atoms with Gasteiger partial charge in [0.2, 0.25) is 0 Å². The summed E-state index contributed by atoms with van der Waals surface area (Å²) in [4.78, 5) is 17.9. The number of carbonyl (C=O) groups is 1. The van der Waals surface area contributed by atoms with Gasteiger partial charge in [-0.2, -0.15) is 18.3 Å². The van der Waals surface area contributed by atoms with E-state index in [0.717, 1.165) is 6.20 Å². The normalized spacial score (nSPS) is 11.5. The quantitative estimate of drug-likeness (QED) is 0.880. The first kappa shape index (κ1) is 12.0. The fourth-order valence-electron chi connectivity index (χ4n) is 1.26. The molecule has 0 saturated carbocycles. The molecule has 0 saturated heterocycles. The van der Waals surface area contributed by atoms with Crippen LogP contribution in [0, 0.1) is 0 Å². The van der Waals surface area contributed by atoms with Crippen molar-refractivity contribution in [3.63, 3.8) is 0 Å². The molecule has 94 valence electrons. The average molecular weight is 258 g/mol. The van der Waals surface area contributed by atoms with Gasteiger partial charge in [-0.25, -0.2) is 14.5 Å². The highest BCUT2D eigenvalue weighted by atomic mass is 19.4. The van der Waals surface area contributed by atoms with E-state index in [1.54, 1.807) is 0 Å². The molecule has 1 N–H and O–H groups in total. The molecule has 2 aromatic rings. The lowest BCUT2D eigenvalue weighted by molar-refractivity contribution is -0.142. The van der Waals surface area contributed by atoms with Gasteiger partial charge in [0.1, 0.15) is 0 Å². The van der Waals surface area contributed by atoms with E-state index >= 15 is 0 Å². The SMILES string of the molecule is O=C(O)c1cc(C(F)(F)F)n(-c2cnccn2)n1. The Morgan fingerprint density at radius 1 is 1.33 bits per heavy atom. The number of aromatic nitrogens is 4. The van der Waals surface area contributed by atoms with Gasteiger partial charge in [0.05, 0.1) is 6.20 Å². The maximum absolute atomic E-state index is 12.7. The summed E-state index contributed by atoms with van der Waals surface area (Å²) in [7, 11) is 0. The van der Waals surface area contributed by atoms with Gasteiger partial charge in [-0.15, -0.1) is 0 Å². The molecule has 0 unspecified atom stereocenters. The topological polar surface area (TPSA) is 80.9 Å². The average Bonchev–Trinajstić information content (AvgIpc) is 2.74. The number of rotatable bonds is 2. The van der Waals surface area contributed by atoms with Crippen LogP contribution in [-0.2, 0) is 6.18 Å². The number of carboxylic acids is 1. The summed E-state index contributed by atoms with van der Waals surface area (Å²) in [6.07, 6.45) is -1.23. The van der Waals surface area contributed by atoms with E-state index in [0.29, 0.717) is 10.7 Å². The van der Waals surface area contributed by atoms with Crippen molar-refractivity contribution < 1.29 is 23.1 Å². The van der Waals surface area contributed by atoms with Gasteiger partial charge >= 0.3 is 12.1 Å². The van der Waals surface area contributed by atoms with Crippen molar-refractivity contribution in [1.82, 2.24) is 19.7 Å². The van der Waals surface area contributed by atoms with Crippen LogP contribution in [0.2, 0.25) is 0 Å². The van der Waals surface area contributed by atoms with Gasteiger partial charge in [0.15, 0.2) is 17.2 Å². The lowest BCUT2D eigenvalue weighted by atomic mass is 10.3. The number of carboxylic acid groups (broad SMARTS) is 1. The number of alkyl halides is 3. The number of halogens is 3. The first-order chi connectivity index (χ1) is 8.39. The maximum Gasteiger partial charge on any atom is 0.433 e. The van der Waals surface area contributed by atoms with Crippen molar-refractivity contribution in [3.8, 4) is 5.82 Å². The predicted octanol–water partition coefficient (Wildman–Crippen LogP) is 1.38. The third kappa shape index (κ3) is 2.14. The van der Waals surface area contributed by atoms with E-state index in [9.17, 15) is 18.0 Å². The van der Waals surface area contributed by atoms with Crippen molar-refractivity contribution in [1.29, 1.82) is 0 Å². The van der Waals surface area contributed by atoms with Crippen molar-refractivity contribution in [2.75, 3.05) is 0 Å². The van der Waals surface area contributed by atoms with Crippen LogP contribution in [0.1, 0.15) is 16.2 Å². The van der Waals surface area contributed by atoms with Gasteiger partial charge in [-0.3, -0.25) is 4.98 Å². The molecule has 0 aliphatic carbocycles. The Hall–Kier alpha value is -2.45. The van der Waals surface area contributed by atoms with Crippen LogP contribution in [0.4, 0.5) is 13.2 Å². The lowest BCUT2D eigenvalue weighted by Gasteiger charge is -2.08. The molecule has 2 aromatic heterocycles. The van der Waals surface area contributed by atoms with Gasteiger partial charge < -0.3 is 5.11 Å². The van der Waals surface area contributed by atoms with Crippen molar-refractivity contribution in [3.05, 3.63) is 36.0 Å². The van der Waals surface area contributed by atoms with Crippen molar-refractivity contribution in [2.24, 2.45) is 0 Å². The number of hydrogen-bond donors (Lipinski definition) is 1. The molecule has 0 fully saturated rings. The largest absolute Gasteiger partial charge is 0.476 e. The molecule has 0 spiro atoms. The Labute approximate surface area is 97.7 Å². The Morgan fingerprint density at radius 2 is 2.06 bits per heavy atom. The minimum Gasteiger partial charge on any atom is -0.476 e. The van der Waals surface area contributed by atoms with Gasteiger partial charge in [0, 0.05) is 18.5 Å². The molecular formula is C9H5F3N4O2. The first-order valence-electron chi connectivity index (χ1n) is 4.56. The van der Waals surface area contributed by atoms with Crippen molar-refractivity contribution >= 4 is 5.97 Å². The molecule has 0 aliphatic heterocycles. The molecule has 0 amide bonds. The first-order valence-corrected chi connectivity index (χ1v) is 4.56. The highest BCUT2D eigenvalue weighted by Gasteiger charge is 2.37. The second-order valence-electron chi connectivity index (χ2n) is 3.19. The molecule has 9 heteroatoms. The van der Waals surface area contributed by atoms with Gasteiger partial charge in [0.25, 0.3) is 0 Å². The fourth-order valence-corrected chi connectivity index (χ4v) is 1.26. The fraction of sp³-hybridized carbons (Fsp3) is 0.111. The summed E-state index contributed by atoms with van der Waals surface area (Å²) in [5, 5.41) is 12.0. The van der Waals surface area contributed by atoms with Crippen LogP contribution in [-0.4, -0.2) is 30.8 Å². The van der Waals surface area contributed by atoms with E-state index < -0.39 is 23.5 Å². The second kappa shape index (κ2) is 4.09. The molecule has 0 atom stereocenters. The zero-order valence-electron chi connectivity index (χ0n) is 8.59. The summed E-state index contributed by atoms with van der Waals surface area (Å²) in [5.41, 5.74) is -1.94. The van der Waals surface area contributed by atoms with Gasteiger partial charge in [-0.1, -0.05) is 0 Å². The summed E-state index contributed by atoms with van der Waals surface area (Å²) < 4.78 is 38.5. The molecular weight excluding hydrogens is 253 g/mol. The Bertz CT molecular complexity index is 579. The number of aromatic carboxylic acids is 1. The molecule has 18 heavy (non-hydrogen) atoms. The summed E-state index contributed by atoms with van der Waals surface area (Å²) >= 11 is 0. The lowest BCUT2D eigenvalue weighted by Crippen LogP contribution is -2.14. The van der Waals surface area contributed by atoms with Gasteiger partial charge in [-0.05, 0) is 0 Å². The van der Waals surface area contributed by atoms with Crippen LogP contribution in [0.5, 0.6) is 0 Å². The molecule has 2 rings (SSSR count). The zero-order valence-corrected chi connectivity index (χ0v) is 8.59. The highest BCUT2D eigenvalue weighted by Crippen LogP contribution is 2.31. The maximum atomic E-state index is 12.7. The Kier molecular flexibility index (Phi) is 2.73. The van der Waals surface area contributed by atoms with E-state index in [1.807, 2.05) is 0 Å². The minimum absolute atomic E-state index is 0.211. The van der Waals surface area contributed by atoms with Crippen LogP contribution >= 0.6 is 0 Å². The molecule has 0 radical (unpaired) electrons. The van der Waals surface area contributed by atoms with E-state index in [-0.39, 0.29) is 5.82 Å². The van der Waals surface area contributed by atoms with E-state index in [1.165, 1.54) is 12.4 Å². The third-order valence-electron chi connectivity index (χ3n) is 1.99. The van der Waals surface area contributed by atoms with Crippen LogP contribution in [0.3, 0.4) is 0 Å². The van der Waals surface area contributed by atoms with Crippen LogP contribution < -0.4 is 0 Å². The highest BCUT2D eigenvalue weighted by molar-refractivity contribution is 5.85. The minimum atomic E-state index is -4.74. The number of nitrogens with zero attached hydrogens (tertiary/aromatic N) is 4. The zero-order chi connectivity index (χ0) is 13.3. The monoisotopic (exact) mass is 258 g/mol. The molecule has 0 aliphatic rings. The standard InChI is InChI=1S/C9H5F3N4O2/c10-9(11,12)6-3-5(8(17)18)15-16(6)7-4-13-1-2-14-7/h1-4H,(H,17,18). The number of hydrogen-bond acceptors (Lipinski definition) is 4. The Morgan fingerprint density at radius 3 is 2.56 bits per heavy atom. The van der Waals surface area contributed by atoms with Crippen LogP contribution in [0.25, 0.3) is 5.82 Å². The summed E-state index contributed by atoms with van der Waals surface area (Å²) in [6, 6.07) is 0.441. The molecule has 0 bridgehead atoms. The summed E-state index contributed by atoms with van der Waals surface area (Å²) in [5.74, 6) is -1.76. The van der Waals surface area contributed by atoms with E-state index in [4.69, 9.17) is 5.11 Å². The summed E-state index contributed by atoms with van der Waals surface area (Å²) in [6.45, 7) is 0.